The van der Waals surface area contributed by atoms with E-state index in [0.29, 0.717) is 17.7 Å². The minimum atomic E-state index is -0.168. The van der Waals surface area contributed by atoms with Crippen LogP contribution in [-0.2, 0) is 4.74 Å². The Kier molecular flexibility index (Phi) is 6.92. The van der Waals surface area contributed by atoms with Crippen LogP contribution in [0.2, 0.25) is 0 Å². The number of allylic oxidation sites excluding steroid dienone is 4. The highest BCUT2D eigenvalue weighted by Gasteiger charge is 2.75. The van der Waals surface area contributed by atoms with Crippen molar-refractivity contribution in [3.05, 3.63) is 60.5 Å². The molecule has 2 aromatic heterocycles. The fourth-order valence-electron chi connectivity index (χ4n) is 9.70. The van der Waals surface area contributed by atoms with Gasteiger partial charge in [-0.1, -0.05) is 36.4 Å². The van der Waals surface area contributed by atoms with E-state index in [-0.39, 0.29) is 23.0 Å². The fraction of sp³-hybridized carbons (Fsp3) is 0.583. The lowest BCUT2D eigenvalue weighted by molar-refractivity contribution is -0.0577. The van der Waals surface area contributed by atoms with Crippen LogP contribution in [0.15, 0.2) is 54.8 Å². The van der Waals surface area contributed by atoms with Crippen molar-refractivity contribution >= 4 is 21.8 Å². The monoisotopic (exact) mass is 566 g/mol. The van der Waals surface area contributed by atoms with Crippen molar-refractivity contribution in [3.63, 3.8) is 0 Å². The number of rotatable bonds is 1. The van der Waals surface area contributed by atoms with Gasteiger partial charge in [-0.15, -0.1) is 0 Å². The van der Waals surface area contributed by atoms with Crippen molar-refractivity contribution in [1.82, 2.24) is 20.2 Å². The van der Waals surface area contributed by atoms with Crippen molar-refractivity contribution in [2.75, 3.05) is 26.2 Å². The molecule has 2 saturated heterocycles. The molecule has 4 aliphatic heterocycles. The molecule has 0 amide bonds. The zero-order valence-corrected chi connectivity index (χ0v) is 24.9. The number of H-pyrrole nitrogens is 1. The Morgan fingerprint density at radius 2 is 1.69 bits per heavy atom. The molecular formula is C36H46N4O2. The summed E-state index contributed by atoms with van der Waals surface area (Å²) < 4.78 is 7.16. The van der Waals surface area contributed by atoms with Crippen molar-refractivity contribution in [1.29, 1.82) is 0 Å². The van der Waals surface area contributed by atoms with Crippen LogP contribution >= 0.6 is 0 Å². The number of hydrogen-bond acceptors (Lipinski definition) is 5. The van der Waals surface area contributed by atoms with E-state index in [1.165, 1.54) is 57.9 Å². The molecule has 3 bridgehead atoms. The van der Waals surface area contributed by atoms with Crippen LogP contribution in [0.3, 0.4) is 0 Å². The van der Waals surface area contributed by atoms with Crippen LogP contribution in [0, 0.1) is 11.3 Å². The van der Waals surface area contributed by atoms with Gasteiger partial charge in [0.15, 0.2) is 0 Å². The predicted octanol–water partition coefficient (Wildman–Crippen LogP) is 6.96. The van der Waals surface area contributed by atoms with Gasteiger partial charge in [0.25, 0.3) is 0 Å². The summed E-state index contributed by atoms with van der Waals surface area (Å²) >= 11 is 0. The molecule has 6 heteroatoms. The molecule has 222 valence electrons. The van der Waals surface area contributed by atoms with Gasteiger partial charge in [-0.05, 0) is 108 Å². The average molecular weight is 567 g/mol. The standard InChI is InChI=1S/C36H46N4O2/c41-28-15-13-14-25-26-16-21-37-32(31(26)39-30(25)28)29-27-17-23-40-22-12-8-4-2-6-10-19-36(33(29)42-36)34-35(27,24-40)18-9-5-1-3-7-11-20-38-34/h1-2,5-6,13-16,21,27,29,33-34,38-39,41H,3-4,7-12,17-20,22-24H2. The Morgan fingerprint density at radius 3 is 2.60 bits per heavy atom. The zero-order valence-electron chi connectivity index (χ0n) is 24.9. The number of ether oxygens (including phenoxy) is 1. The molecule has 7 unspecified atom stereocenters. The number of aromatic amines is 1. The van der Waals surface area contributed by atoms with Crippen LogP contribution in [0.4, 0.5) is 0 Å². The molecule has 5 aliphatic rings. The second-order valence-electron chi connectivity index (χ2n) is 13.8. The number of phenols is 1. The smallest absolute Gasteiger partial charge is 0.139 e. The largest absolute Gasteiger partial charge is 0.506 e. The molecule has 42 heavy (non-hydrogen) atoms. The number of hydrogen-bond donors (Lipinski definition) is 3. The number of nitrogens with one attached hydrogen (secondary N) is 2. The first-order valence-electron chi connectivity index (χ1n) is 16.7. The van der Waals surface area contributed by atoms with Crippen LogP contribution in [0.1, 0.15) is 82.2 Å². The SMILES string of the molecule is Oc1cccc2c1[nH]c1c(C3C4CCN5CCCCC=CCCC6(OC36)C3NCCCCC=CCCC43C5)nccc12. The van der Waals surface area contributed by atoms with E-state index in [4.69, 9.17) is 9.72 Å². The number of aromatic hydroxyl groups is 1. The second kappa shape index (κ2) is 10.8. The minimum absolute atomic E-state index is 0.111. The Bertz CT molecular complexity index is 1510. The summed E-state index contributed by atoms with van der Waals surface area (Å²) in [5, 5.41) is 17.2. The van der Waals surface area contributed by atoms with E-state index in [1.807, 2.05) is 12.3 Å². The van der Waals surface area contributed by atoms with Gasteiger partial charge >= 0.3 is 0 Å². The predicted molar refractivity (Wildman–Crippen MR) is 169 cm³/mol. The molecule has 3 aromatic rings. The van der Waals surface area contributed by atoms with Crippen molar-refractivity contribution in [3.8, 4) is 5.75 Å². The minimum Gasteiger partial charge on any atom is -0.506 e. The maximum Gasteiger partial charge on any atom is 0.139 e. The van der Waals surface area contributed by atoms with Gasteiger partial charge in [0.1, 0.15) is 11.4 Å². The van der Waals surface area contributed by atoms with Crippen LogP contribution in [0.5, 0.6) is 5.75 Å². The molecule has 3 N–H and O–H groups in total. The number of epoxide rings is 1. The Labute approximate surface area is 249 Å². The molecule has 8 rings (SSSR count). The maximum absolute atomic E-state index is 10.7. The number of pyridine rings is 1. The van der Waals surface area contributed by atoms with Gasteiger partial charge in [0, 0.05) is 40.9 Å². The third kappa shape index (κ3) is 4.28. The number of nitrogens with zero attached hydrogens (tertiary/aromatic N) is 2. The summed E-state index contributed by atoms with van der Waals surface area (Å²) in [6.45, 7) is 4.57. The third-order valence-corrected chi connectivity index (χ3v) is 11.5. The number of phenolic OH excluding ortho intramolecular Hbond substituents is 1. The summed E-state index contributed by atoms with van der Waals surface area (Å²) in [5.41, 5.74) is 2.99. The molecule has 7 atom stereocenters. The summed E-state index contributed by atoms with van der Waals surface area (Å²) in [5.74, 6) is 1.02. The normalized spacial score (nSPS) is 37.2. The van der Waals surface area contributed by atoms with Crippen LogP contribution in [-0.4, -0.2) is 63.9 Å². The molecule has 2 spiro atoms. The van der Waals surface area contributed by atoms with Gasteiger partial charge in [-0.2, -0.15) is 0 Å². The van der Waals surface area contributed by atoms with Gasteiger partial charge < -0.3 is 25.0 Å². The lowest BCUT2D eigenvalue weighted by Crippen LogP contribution is -2.68. The molecule has 6 nitrogen and oxygen atoms in total. The zero-order chi connectivity index (χ0) is 28.1. The lowest BCUT2D eigenvalue weighted by atomic mass is 9.50. The lowest BCUT2D eigenvalue weighted by Gasteiger charge is -2.59. The molecule has 0 radical (unpaired) electrons. The van der Waals surface area contributed by atoms with Crippen molar-refractivity contribution in [2.45, 2.75) is 94.3 Å². The van der Waals surface area contributed by atoms with Crippen molar-refractivity contribution < 1.29 is 9.84 Å². The molecule has 3 fully saturated rings. The molecule has 6 heterocycles. The molecule has 1 aliphatic carbocycles. The van der Waals surface area contributed by atoms with Gasteiger partial charge in [-0.3, -0.25) is 4.98 Å². The Hall–Kier alpha value is -2.67. The molecule has 1 aromatic carbocycles. The quantitative estimate of drug-likeness (QED) is 0.219. The summed E-state index contributed by atoms with van der Waals surface area (Å²) in [7, 11) is 0. The summed E-state index contributed by atoms with van der Waals surface area (Å²) in [6.07, 6.45) is 25.0. The highest BCUT2D eigenvalue weighted by Crippen LogP contribution is 2.67. The first-order chi connectivity index (χ1) is 20.7. The van der Waals surface area contributed by atoms with E-state index >= 15 is 0 Å². The van der Waals surface area contributed by atoms with E-state index in [2.05, 4.69) is 51.6 Å². The fourth-order valence-corrected chi connectivity index (χ4v) is 9.70. The number of para-hydroxylation sites is 1. The number of aromatic nitrogens is 2. The van der Waals surface area contributed by atoms with E-state index < -0.39 is 0 Å². The van der Waals surface area contributed by atoms with E-state index in [1.54, 1.807) is 6.07 Å². The first kappa shape index (κ1) is 26.9. The van der Waals surface area contributed by atoms with Gasteiger partial charge in [0.2, 0.25) is 0 Å². The van der Waals surface area contributed by atoms with Crippen LogP contribution in [0.25, 0.3) is 21.8 Å². The third-order valence-electron chi connectivity index (χ3n) is 11.5. The topological polar surface area (TPSA) is 76.7 Å². The summed E-state index contributed by atoms with van der Waals surface area (Å²) in [6, 6.07) is 8.30. The van der Waals surface area contributed by atoms with E-state index in [0.717, 1.165) is 66.4 Å². The second-order valence-corrected chi connectivity index (χ2v) is 13.8. The highest BCUT2D eigenvalue weighted by atomic mass is 16.6. The van der Waals surface area contributed by atoms with E-state index in [9.17, 15) is 5.11 Å². The Balaban J connectivity index is 1.31. The van der Waals surface area contributed by atoms with Crippen molar-refractivity contribution in [2.24, 2.45) is 11.3 Å². The average Bonchev–Trinajstić information content (AvgIpc) is 3.59. The number of fused-ring (bicyclic) bond motifs is 4. The Morgan fingerprint density at radius 1 is 0.881 bits per heavy atom. The maximum atomic E-state index is 10.7. The summed E-state index contributed by atoms with van der Waals surface area (Å²) in [4.78, 5) is 11.6. The highest BCUT2D eigenvalue weighted by molar-refractivity contribution is 6.09. The molecular weight excluding hydrogens is 520 g/mol. The number of benzene rings is 1. The molecule has 1 saturated carbocycles. The van der Waals surface area contributed by atoms with Gasteiger partial charge in [0.05, 0.1) is 22.8 Å². The first-order valence-corrected chi connectivity index (χ1v) is 16.7. The number of piperidine rings is 1. The van der Waals surface area contributed by atoms with Crippen LogP contribution < -0.4 is 5.32 Å². The van der Waals surface area contributed by atoms with Gasteiger partial charge in [-0.25, -0.2) is 0 Å².